The van der Waals surface area contributed by atoms with Crippen molar-refractivity contribution in [3.8, 4) is 0 Å². The summed E-state index contributed by atoms with van der Waals surface area (Å²) in [7, 11) is 0. The topological polar surface area (TPSA) is 66.8 Å². The number of ether oxygens (including phenoxy) is 1. The van der Waals surface area contributed by atoms with Crippen LogP contribution in [0.2, 0.25) is 5.02 Å². The van der Waals surface area contributed by atoms with Crippen LogP contribution in [0.5, 0.6) is 0 Å². The lowest BCUT2D eigenvalue weighted by Crippen LogP contribution is -2.45. The molecule has 5 nitrogen and oxygen atoms in total. The molecule has 0 aliphatic rings. The number of nitrogens with zero attached hydrogens (tertiary/aromatic N) is 1. The predicted octanol–water partition coefficient (Wildman–Crippen LogP) is 8.22. The molecule has 3 rings (SSSR count). The molecule has 1 amide bonds. The number of halogens is 4. The maximum atomic E-state index is 13.1. The predicted molar refractivity (Wildman–Crippen MR) is 150 cm³/mol. The van der Waals surface area contributed by atoms with Gasteiger partial charge in [-0.2, -0.15) is 13.2 Å². The Kier molecular flexibility index (Phi) is 10.3. The van der Waals surface area contributed by atoms with Gasteiger partial charge in [-0.25, -0.2) is 4.79 Å². The van der Waals surface area contributed by atoms with Crippen LogP contribution < -0.4 is 0 Å². The van der Waals surface area contributed by atoms with E-state index in [1.165, 1.54) is 22.7 Å². The van der Waals surface area contributed by atoms with E-state index in [0.29, 0.717) is 28.2 Å². The zero-order chi connectivity index (χ0) is 29.7. The molecule has 0 fully saturated rings. The first-order valence-corrected chi connectivity index (χ1v) is 13.7. The van der Waals surface area contributed by atoms with Crippen LogP contribution in [0.4, 0.5) is 18.0 Å². The van der Waals surface area contributed by atoms with Crippen LogP contribution in [-0.4, -0.2) is 40.6 Å². The molecule has 0 saturated heterocycles. The Hall–Kier alpha value is -3.01. The van der Waals surface area contributed by atoms with Crippen molar-refractivity contribution in [3.63, 3.8) is 0 Å². The highest BCUT2D eigenvalue weighted by Crippen LogP contribution is 2.35. The first-order chi connectivity index (χ1) is 18.7. The highest BCUT2D eigenvalue weighted by Gasteiger charge is 2.31. The number of amides is 1. The summed E-state index contributed by atoms with van der Waals surface area (Å²) in [6, 6.07) is 16.9. The summed E-state index contributed by atoms with van der Waals surface area (Å²) >= 11 is 7.25. The van der Waals surface area contributed by atoms with E-state index in [-0.39, 0.29) is 18.2 Å². The summed E-state index contributed by atoms with van der Waals surface area (Å²) in [5.74, 6) is 0. The Labute approximate surface area is 241 Å². The number of rotatable bonds is 9. The first-order valence-electron chi connectivity index (χ1n) is 12.5. The summed E-state index contributed by atoms with van der Waals surface area (Å²) in [6.45, 7) is 7.15. The van der Waals surface area contributed by atoms with E-state index in [4.69, 9.17) is 16.3 Å². The second-order valence-electron chi connectivity index (χ2n) is 10.4. The van der Waals surface area contributed by atoms with E-state index in [2.05, 4.69) is 0 Å². The van der Waals surface area contributed by atoms with Crippen LogP contribution >= 0.6 is 23.4 Å². The highest BCUT2D eigenvalue weighted by molar-refractivity contribution is 7.99. The van der Waals surface area contributed by atoms with Gasteiger partial charge in [0.2, 0.25) is 0 Å². The number of hydrogen-bond acceptors (Lipinski definition) is 5. The Morgan fingerprint density at radius 3 is 2.33 bits per heavy atom. The molecular formula is C30H31ClF3NO4S. The Balaban J connectivity index is 1.75. The van der Waals surface area contributed by atoms with E-state index >= 15 is 0 Å². The van der Waals surface area contributed by atoms with Gasteiger partial charge >= 0.3 is 12.3 Å². The number of aliphatic hydroxyl groups excluding tert-OH is 1. The molecule has 0 aromatic heterocycles. The minimum atomic E-state index is -4.53. The van der Waals surface area contributed by atoms with Crippen molar-refractivity contribution in [2.45, 2.75) is 67.8 Å². The maximum Gasteiger partial charge on any atom is 0.416 e. The minimum Gasteiger partial charge on any atom is -0.444 e. The number of carbonyl (C=O) groups is 2. The summed E-state index contributed by atoms with van der Waals surface area (Å²) < 4.78 is 44.6. The third-order valence-electron chi connectivity index (χ3n) is 5.91. The van der Waals surface area contributed by atoms with Crippen molar-refractivity contribution < 1.29 is 32.6 Å². The summed E-state index contributed by atoms with van der Waals surface area (Å²) in [6.07, 6.45) is -5.21. The van der Waals surface area contributed by atoms with Gasteiger partial charge in [0.25, 0.3) is 0 Å². The van der Waals surface area contributed by atoms with Crippen molar-refractivity contribution in [2.75, 3.05) is 6.54 Å². The number of alkyl halides is 3. The number of hydrogen-bond donors (Lipinski definition) is 1. The zero-order valence-corrected chi connectivity index (χ0v) is 24.1. The van der Waals surface area contributed by atoms with E-state index in [1.807, 2.05) is 19.1 Å². The van der Waals surface area contributed by atoms with Crippen molar-refractivity contribution in [3.05, 3.63) is 94.0 Å². The molecule has 10 heteroatoms. The lowest BCUT2D eigenvalue weighted by Gasteiger charge is -2.33. The van der Waals surface area contributed by atoms with Crippen LogP contribution in [0.1, 0.15) is 60.8 Å². The number of aldehydes is 1. The zero-order valence-electron chi connectivity index (χ0n) is 22.5. The van der Waals surface area contributed by atoms with Gasteiger partial charge in [0.1, 0.15) is 5.60 Å². The van der Waals surface area contributed by atoms with Crippen molar-refractivity contribution >= 4 is 35.7 Å². The molecule has 0 heterocycles. The molecule has 0 bridgehead atoms. The van der Waals surface area contributed by atoms with E-state index in [0.717, 1.165) is 22.6 Å². The molecule has 1 N–H and O–H groups in total. The smallest absolute Gasteiger partial charge is 0.416 e. The Bertz CT molecular complexity index is 1330. The van der Waals surface area contributed by atoms with Crippen LogP contribution in [-0.2, 0) is 17.3 Å². The monoisotopic (exact) mass is 593 g/mol. The van der Waals surface area contributed by atoms with Gasteiger partial charge in [-0.1, -0.05) is 47.6 Å². The molecule has 0 unspecified atom stereocenters. The second-order valence-corrected chi connectivity index (χ2v) is 11.9. The molecule has 214 valence electrons. The third kappa shape index (κ3) is 9.01. The van der Waals surface area contributed by atoms with E-state index < -0.39 is 29.5 Å². The average Bonchev–Trinajstić information content (AvgIpc) is 2.86. The molecule has 0 radical (unpaired) electrons. The van der Waals surface area contributed by atoms with Crippen LogP contribution in [0.3, 0.4) is 0 Å². The van der Waals surface area contributed by atoms with Crippen molar-refractivity contribution in [1.82, 2.24) is 4.90 Å². The normalized spacial score (nSPS) is 13.4. The van der Waals surface area contributed by atoms with Crippen molar-refractivity contribution in [2.24, 2.45) is 0 Å². The van der Waals surface area contributed by atoms with E-state index in [1.54, 1.807) is 57.2 Å². The largest absolute Gasteiger partial charge is 0.444 e. The summed E-state index contributed by atoms with van der Waals surface area (Å²) in [5, 5.41) is 11.3. The van der Waals surface area contributed by atoms with Gasteiger partial charge < -0.3 is 14.7 Å². The third-order valence-corrected chi connectivity index (χ3v) is 7.24. The molecular weight excluding hydrogens is 563 g/mol. The lowest BCUT2D eigenvalue weighted by molar-refractivity contribution is -0.137. The fraction of sp³-hybridized carbons (Fsp3) is 0.333. The quantitative estimate of drug-likeness (QED) is 0.253. The SMILES string of the molecule is C[C@H](Cc1ccc(Sc2ccc(C(F)(F)F)cc2C=O)cc1)N(C[C@H](O)c1cccc(Cl)c1)C(=O)OC(C)(C)C. The second kappa shape index (κ2) is 13.1. The Morgan fingerprint density at radius 2 is 1.75 bits per heavy atom. The summed E-state index contributed by atoms with van der Waals surface area (Å²) in [5.41, 5.74) is -0.173. The average molecular weight is 594 g/mol. The lowest BCUT2D eigenvalue weighted by atomic mass is 10.0. The van der Waals surface area contributed by atoms with Crippen LogP contribution in [0.15, 0.2) is 76.5 Å². The molecule has 0 saturated carbocycles. The molecule has 3 aromatic rings. The van der Waals surface area contributed by atoms with Gasteiger partial charge in [0.15, 0.2) is 6.29 Å². The molecule has 0 aliphatic heterocycles. The Morgan fingerprint density at radius 1 is 1.07 bits per heavy atom. The van der Waals surface area contributed by atoms with Crippen molar-refractivity contribution in [1.29, 1.82) is 0 Å². The van der Waals surface area contributed by atoms with Crippen LogP contribution in [0, 0.1) is 0 Å². The molecule has 0 aliphatic carbocycles. The van der Waals surface area contributed by atoms with E-state index in [9.17, 15) is 27.9 Å². The summed E-state index contributed by atoms with van der Waals surface area (Å²) in [4.78, 5) is 27.1. The maximum absolute atomic E-state index is 13.1. The van der Waals surface area contributed by atoms with Gasteiger partial charge in [-0.05, 0) is 87.7 Å². The number of carbonyl (C=O) groups excluding carboxylic acids is 2. The van der Waals surface area contributed by atoms with Crippen LogP contribution in [0.25, 0.3) is 0 Å². The highest BCUT2D eigenvalue weighted by atomic mass is 35.5. The molecule has 40 heavy (non-hydrogen) atoms. The number of aliphatic hydroxyl groups is 1. The molecule has 3 aromatic carbocycles. The fourth-order valence-electron chi connectivity index (χ4n) is 3.94. The molecule has 0 spiro atoms. The first kappa shape index (κ1) is 31.5. The minimum absolute atomic E-state index is 0.00719. The standard InChI is InChI=1S/C30H31ClF3NO4S/c1-19(35(28(38)39-29(2,3)4)17-26(37)21-6-5-7-24(31)16-21)14-20-8-11-25(12-9-20)40-27-13-10-23(30(32,33)34)15-22(27)18-36/h5-13,15-16,18-19,26,37H,14,17H2,1-4H3/t19-,26+/m1/s1. The van der Waals surface area contributed by atoms with Gasteiger partial charge in [-0.15, -0.1) is 0 Å². The number of benzene rings is 3. The van der Waals surface area contributed by atoms with Gasteiger partial charge in [0, 0.05) is 26.4 Å². The van der Waals surface area contributed by atoms with Gasteiger partial charge in [-0.3, -0.25) is 4.79 Å². The van der Waals surface area contributed by atoms with Gasteiger partial charge in [0.05, 0.1) is 18.2 Å². The molecule has 2 atom stereocenters. The fourth-order valence-corrected chi connectivity index (χ4v) is 5.03.